The SMILES string of the molecule is Cc1cc(C)cc(Nc2nc(NC(C)c3ccccc3)c3ccccc3n2)c1. The molecule has 140 valence electrons. The summed E-state index contributed by atoms with van der Waals surface area (Å²) in [6, 6.07) is 25.0. The normalized spacial score (nSPS) is 12.0. The predicted octanol–water partition coefficient (Wildman–Crippen LogP) is 6.16. The largest absolute Gasteiger partial charge is 0.363 e. The van der Waals surface area contributed by atoms with Gasteiger partial charge < -0.3 is 10.6 Å². The average Bonchev–Trinajstić information content (AvgIpc) is 2.68. The first kappa shape index (κ1) is 18.0. The van der Waals surface area contributed by atoms with Crippen molar-refractivity contribution in [2.45, 2.75) is 26.8 Å². The molecule has 0 radical (unpaired) electrons. The number of benzene rings is 3. The van der Waals surface area contributed by atoms with Crippen molar-refractivity contribution in [1.29, 1.82) is 0 Å². The van der Waals surface area contributed by atoms with Gasteiger partial charge in [0, 0.05) is 17.1 Å². The Morgan fingerprint density at radius 1 is 0.786 bits per heavy atom. The van der Waals surface area contributed by atoms with Crippen LogP contribution in [-0.4, -0.2) is 9.97 Å². The summed E-state index contributed by atoms with van der Waals surface area (Å²) in [5, 5.41) is 7.94. The van der Waals surface area contributed by atoms with Crippen LogP contribution in [0.25, 0.3) is 10.9 Å². The lowest BCUT2D eigenvalue weighted by molar-refractivity contribution is 0.876. The van der Waals surface area contributed by atoms with Gasteiger partial charge in [-0.15, -0.1) is 0 Å². The lowest BCUT2D eigenvalue weighted by atomic mass is 10.1. The van der Waals surface area contributed by atoms with E-state index in [-0.39, 0.29) is 6.04 Å². The fraction of sp³-hybridized carbons (Fsp3) is 0.167. The van der Waals surface area contributed by atoms with Gasteiger partial charge in [-0.2, -0.15) is 4.98 Å². The molecule has 0 fully saturated rings. The smallest absolute Gasteiger partial charge is 0.229 e. The van der Waals surface area contributed by atoms with Crippen LogP contribution >= 0.6 is 0 Å². The summed E-state index contributed by atoms with van der Waals surface area (Å²) >= 11 is 0. The number of fused-ring (bicyclic) bond motifs is 1. The fourth-order valence-electron chi connectivity index (χ4n) is 3.45. The van der Waals surface area contributed by atoms with Crippen molar-refractivity contribution < 1.29 is 0 Å². The van der Waals surface area contributed by atoms with Crippen LogP contribution in [-0.2, 0) is 0 Å². The second-order valence-corrected chi connectivity index (χ2v) is 7.19. The third-order valence-corrected chi connectivity index (χ3v) is 4.73. The zero-order valence-corrected chi connectivity index (χ0v) is 16.4. The van der Waals surface area contributed by atoms with Crippen LogP contribution in [0.2, 0.25) is 0 Å². The van der Waals surface area contributed by atoms with E-state index in [0.29, 0.717) is 5.95 Å². The van der Waals surface area contributed by atoms with Crippen LogP contribution in [0.15, 0.2) is 72.8 Å². The highest BCUT2D eigenvalue weighted by atomic mass is 15.1. The maximum atomic E-state index is 4.79. The number of para-hydroxylation sites is 1. The van der Waals surface area contributed by atoms with Gasteiger partial charge in [-0.05, 0) is 61.7 Å². The molecule has 4 heteroatoms. The monoisotopic (exact) mass is 368 g/mol. The molecule has 28 heavy (non-hydrogen) atoms. The van der Waals surface area contributed by atoms with Gasteiger partial charge >= 0.3 is 0 Å². The summed E-state index contributed by atoms with van der Waals surface area (Å²) < 4.78 is 0. The Kier molecular flexibility index (Phi) is 4.94. The maximum Gasteiger partial charge on any atom is 0.229 e. The van der Waals surface area contributed by atoms with Gasteiger partial charge in [-0.1, -0.05) is 48.5 Å². The Hall–Kier alpha value is -3.40. The molecule has 4 aromatic rings. The summed E-state index contributed by atoms with van der Waals surface area (Å²) in [4.78, 5) is 9.50. The van der Waals surface area contributed by atoms with E-state index in [2.05, 4.69) is 79.9 Å². The molecule has 3 aromatic carbocycles. The first-order valence-corrected chi connectivity index (χ1v) is 9.52. The van der Waals surface area contributed by atoms with Gasteiger partial charge in [0.05, 0.1) is 5.52 Å². The van der Waals surface area contributed by atoms with E-state index >= 15 is 0 Å². The molecule has 0 saturated heterocycles. The Balaban J connectivity index is 1.71. The molecule has 0 spiro atoms. The molecular formula is C24H24N4. The minimum absolute atomic E-state index is 0.133. The van der Waals surface area contributed by atoms with E-state index in [9.17, 15) is 0 Å². The van der Waals surface area contributed by atoms with Crippen LogP contribution in [0.4, 0.5) is 17.5 Å². The Morgan fingerprint density at radius 2 is 1.46 bits per heavy atom. The minimum Gasteiger partial charge on any atom is -0.363 e. The van der Waals surface area contributed by atoms with E-state index in [1.165, 1.54) is 16.7 Å². The predicted molar refractivity (Wildman–Crippen MR) is 117 cm³/mol. The average molecular weight is 368 g/mol. The molecular weight excluding hydrogens is 344 g/mol. The topological polar surface area (TPSA) is 49.8 Å². The van der Waals surface area contributed by atoms with Crippen molar-refractivity contribution in [2.75, 3.05) is 10.6 Å². The standard InChI is InChI=1S/C24H24N4/c1-16-13-17(2)15-20(14-16)26-24-27-22-12-8-7-11-21(22)23(28-24)25-18(3)19-9-5-4-6-10-19/h4-15,18H,1-3H3,(H2,25,26,27,28). The van der Waals surface area contributed by atoms with Crippen molar-refractivity contribution >= 4 is 28.4 Å². The number of rotatable bonds is 5. The zero-order valence-electron chi connectivity index (χ0n) is 16.4. The first-order chi connectivity index (χ1) is 13.6. The second kappa shape index (κ2) is 7.69. The van der Waals surface area contributed by atoms with Gasteiger partial charge in [-0.3, -0.25) is 0 Å². The van der Waals surface area contributed by atoms with E-state index < -0.39 is 0 Å². The Bertz CT molecular complexity index is 1090. The van der Waals surface area contributed by atoms with Crippen LogP contribution in [0.3, 0.4) is 0 Å². The van der Waals surface area contributed by atoms with E-state index in [0.717, 1.165) is 22.4 Å². The highest BCUT2D eigenvalue weighted by Crippen LogP contribution is 2.27. The number of nitrogens with zero attached hydrogens (tertiary/aromatic N) is 2. The van der Waals surface area contributed by atoms with Crippen molar-refractivity contribution in [3.63, 3.8) is 0 Å². The van der Waals surface area contributed by atoms with Crippen LogP contribution < -0.4 is 10.6 Å². The highest BCUT2D eigenvalue weighted by molar-refractivity contribution is 5.90. The van der Waals surface area contributed by atoms with E-state index in [1.54, 1.807) is 0 Å². The van der Waals surface area contributed by atoms with Gasteiger partial charge in [-0.25, -0.2) is 4.98 Å². The molecule has 0 aliphatic rings. The molecule has 1 atom stereocenters. The van der Waals surface area contributed by atoms with Crippen molar-refractivity contribution in [2.24, 2.45) is 0 Å². The van der Waals surface area contributed by atoms with Gasteiger partial charge in [0.2, 0.25) is 5.95 Å². The molecule has 0 aliphatic heterocycles. The molecule has 1 heterocycles. The Labute approximate surface area is 165 Å². The maximum absolute atomic E-state index is 4.79. The third-order valence-electron chi connectivity index (χ3n) is 4.73. The number of hydrogen-bond acceptors (Lipinski definition) is 4. The molecule has 1 unspecified atom stereocenters. The van der Waals surface area contributed by atoms with E-state index in [1.807, 2.05) is 24.3 Å². The summed E-state index contributed by atoms with van der Waals surface area (Å²) in [7, 11) is 0. The highest BCUT2D eigenvalue weighted by Gasteiger charge is 2.12. The fourth-order valence-corrected chi connectivity index (χ4v) is 3.45. The summed E-state index contributed by atoms with van der Waals surface area (Å²) in [6.45, 7) is 6.32. The van der Waals surface area contributed by atoms with Gasteiger partial charge in [0.1, 0.15) is 5.82 Å². The van der Waals surface area contributed by atoms with Crippen LogP contribution in [0.1, 0.15) is 29.7 Å². The molecule has 0 saturated carbocycles. The lowest BCUT2D eigenvalue weighted by Gasteiger charge is -2.17. The molecule has 1 aromatic heterocycles. The summed E-state index contributed by atoms with van der Waals surface area (Å²) in [5.41, 5.74) is 5.54. The zero-order chi connectivity index (χ0) is 19.5. The summed E-state index contributed by atoms with van der Waals surface area (Å²) in [6.07, 6.45) is 0. The summed E-state index contributed by atoms with van der Waals surface area (Å²) in [5.74, 6) is 1.42. The molecule has 2 N–H and O–H groups in total. The first-order valence-electron chi connectivity index (χ1n) is 9.52. The van der Waals surface area contributed by atoms with Crippen molar-refractivity contribution in [1.82, 2.24) is 9.97 Å². The Morgan fingerprint density at radius 3 is 2.21 bits per heavy atom. The molecule has 4 rings (SSSR count). The third kappa shape index (κ3) is 3.96. The van der Waals surface area contributed by atoms with Crippen molar-refractivity contribution in [3.8, 4) is 0 Å². The van der Waals surface area contributed by atoms with E-state index in [4.69, 9.17) is 9.97 Å². The quantitative estimate of drug-likeness (QED) is 0.443. The van der Waals surface area contributed by atoms with Crippen molar-refractivity contribution in [3.05, 3.63) is 89.5 Å². The number of nitrogens with one attached hydrogen (secondary N) is 2. The van der Waals surface area contributed by atoms with Crippen LogP contribution in [0.5, 0.6) is 0 Å². The molecule has 0 amide bonds. The number of anilines is 3. The number of hydrogen-bond donors (Lipinski definition) is 2. The molecule has 0 bridgehead atoms. The number of aromatic nitrogens is 2. The number of aryl methyl sites for hydroxylation is 2. The molecule has 4 nitrogen and oxygen atoms in total. The lowest BCUT2D eigenvalue weighted by Crippen LogP contribution is -2.10. The molecule has 0 aliphatic carbocycles. The van der Waals surface area contributed by atoms with Gasteiger partial charge in [0.15, 0.2) is 0 Å². The van der Waals surface area contributed by atoms with Crippen LogP contribution in [0, 0.1) is 13.8 Å². The minimum atomic E-state index is 0.133. The second-order valence-electron chi connectivity index (χ2n) is 7.19. The van der Waals surface area contributed by atoms with Gasteiger partial charge in [0.25, 0.3) is 0 Å².